The van der Waals surface area contributed by atoms with Gasteiger partial charge in [-0.2, -0.15) is 9.30 Å². The minimum Gasteiger partial charge on any atom is -0.317 e. The zero-order chi connectivity index (χ0) is 23.0. The summed E-state index contributed by atoms with van der Waals surface area (Å²) in [6.45, 7) is 7.35. The van der Waals surface area contributed by atoms with Crippen molar-refractivity contribution in [3.05, 3.63) is 58.1 Å². The lowest BCUT2D eigenvalue weighted by atomic mass is 9.98. The van der Waals surface area contributed by atoms with E-state index < -0.39 is 15.8 Å². The maximum atomic E-state index is 13.1. The monoisotopic (exact) mass is 475 g/mol. The first-order valence-electron chi connectivity index (χ1n) is 10.7. The van der Waals surface area contributed by atoms with Crippen molar-refractivity contribution in [3.8, 4) is 0 Å². The van der Waals surface area contributed by atoms with Crippen molar-refractivity contribution >= 4 is 37.5 Å². The molecule has 9 heteroatoms. The molecule has 4 rings (SSSR count). The molecule has 32 heavy (non-hydrogen) atoms. The van der Waals surface area contributed by atoms with Gasteiger partial charge in [-0.25, -0.2) is 12.8 Å². The number of benzene rings is 2. The van der Waals surface area contributed by atoms with Gasteiger partial charge in [0.05, 0.1) is 15.1 Å². The number of carbonyl (C=O) groups is 1. The molecule has 0 aliphatic carbocycles. The minimum absolute atomic E-state index is 0.0632. The Kier molecular flexibility index (Phi) is 6.33. The van der Waals surface area contributed by atoms with Gasteiger partial charge in [-0.15, -0.1) is 0 Å². The number of fused-ring (bicyclic) bond motifs is 1. The molecular weight excluding hydrogens is 449 g/mol. The third kappa shape index (κ3) is 4.29. The molecule has 0 bridgehead atoms. The molecule has 0 spiro atoms. The number of thiazole rings is 1. The molecule has 2 aromatic carbocycles. The largest absolute Gasteiger partial charge is 0.317 e. The van der Waals surface area contributed by atoms with Crippen LogP contribution >= 0.6 is 11.3 Å². The first kappa shape index (κ1) is 22.8. The number of carbonyl (C=O) groups excluding carboxylic acids is 1. The second-order valence-corrected chi connectivity index (χ2v) is 11.1. The fraction of sp³-hybridized carbons (Fsp3) is 0.391. The number of aryl methyl sites for hydroxylation is 3. The number of aromatic nitrogens is 1. The average Bonchev–Trinajstić information content (AvgIpc) is 3.11. The minimum atomic E-state index is -3.70. The Morgan fingerprint density at radius 3 is 2.44 bits per heavy atom. The molecule has 0 radical (unpaired) electrons. The van der Waals surface area contributed by atoms with Gasteiger partial charge < -0.3 is 4.57 Å². The highest BCUT2D eigenvalue weighted by Crippen LogP contribution is 2.26. The van der Waals surface area contributed by atoms with Crippen LogP contribution in [-0.4, -0.2) is 36.3 Å². The number of rotatable bonds is 4. The van der Waals surface area contributed by atoms with Gasteiger partial charge in [0.15, 0.2) is 4.80 Å². The Bertz CT molecular complexity index is 1330. The maximum Gasteiger partial charge on any atom is 0.251 e. The molecule has 0 N–H and O–H groups in total. The van der Waals surface area contributed by atoms with E-state index in [4.69, 9.17) is 0 Å². The van der Waals surface area contributed by atoms with Gasteiger partial charge in [-0.1, -0.05) is 17.4 Å². The highest BCUT2D eigenvalue weighted by atomic mass is 32.2. The third-order valence-corrected chi connectivity index (χ3v) is 9.03. The van der Waals surface area contributed by atoms with Crippen LogP contribution < -0.4 is 4.80 Å². The van der Waals surface area contributed by atoms with Crippen molar-refractivity contribution in [2.24, 2.45) is 10.9 Å². The third-order valence-electron chi connectivity index (χ3n) is 5.89. The van der Waals surface area contributed by atoms with E-state index in [9.17, 15) is 17.6 Å². The van der Waals surface area contributed by atoms with Crippen molar-refractivity contribution in [3.63, 3.8) is 0 Å². The van der Waals surface area contributed by atoms with Crippen molar-refractivity contribution < 1.29 is 17.6 Å². The number of sulfonamides is 1. The van der Waals surface area contributed by atoms with Crippen molar-refractivity contribution in [2.45, 2.75) is 45.1 Å². The summed E-state index contributed by atoms with van der Waals surface area (Å²) in [6.07, 6.45) is 0.829. The van der Waals surface area contributed by atoms with Gasteiger partial charge in [0.1, 0.15) is 5.82 Å². The number of hydrogen-bond donors (Lipinski definition) is 0. The molecule has 1 aliphatic heterocycles. The molecular formula is C23H26FN3O3S2. The van der Waals surface area contributed by atoms with Crippen LogP contribution in [0, 0.1) is 25.6 Å². The molecule has 1 amide bonds. The van der Waals surface area contributed by atoms with E-state index >= 15 is 0 Å². The molecule has 1 aliphatic rings. The van der Waals surface area contributed by atoms with Gasteiger partial charge in [0, 0.05) is 25.6 Å². The summed E-state index contributed by atoms with van der Waals surface area (Å²) in [7, 11) is -3.70. The fourth-order valence-corrected chi connectivity index (χ4v) is 6.81. The van der Waals surface area contributed by atoms with E-state index in [1.807, 2.05) is 6.92 Å². The number of amides is 1. The number of halogens is 1. The summed E-state index contributed by atoms with van der Waals surface area (Å²) in [5.74, 6) is -0.995. The average molecular weight is 476 g/mol. The van der Waals surface area contributed by atoms with E-state index in [-0.39, 0.29) is 29.8 Å². The molecule has 170 valence electrons. The van der Waals surface area contributed by atoms with Crippen LogP contribution in [0.1, 0.15) is 30.9 Å². The van der Waals surface area contributed by atoms with Crippen molar-refractivity contribution in [2.75, 3.05) is 13.1 Å². The summed E-state index contributed by atoms with van der Waals surface area (Å²) in [4.78, 5) is 18.1. The van der Waals surface area contributed by atoms with E-state index in [0.717, 1.165) is 22.3 Å². The summed E-state index contributed by atoms with van der Waals surface area (Å²) in [5, 5.41) is 0. The van der Waals surface area contributed by atoms with Crippen LogP contribution in [0.4, 0.5) is 4.39 Å². The lowest BCUT2D eigenvalue weighted by molar-refractivity contribution is -0.122. The predicted molar refractivity (Wildman–Crippen MR) is 123 cm³/mol. The van der Waals surface area contributed by atoms with Gasteiger partial charge in [0.25, 0.3) is 5.91 Å². The predicted octanol–water partition coefficient (Wildman–Crippen LogP) is 4.01. The fourth-order valence-electron chi connectivity index (χ4n) is 4.19. The molecule has 0 atom stereocenters. The molecule has 0 unspecified atom stereocenters. The van der Waals surface area contributed by atoms with Crippen molar-refractivity contribution in [1.82, 2.24) is 8.87 Å². The lowest BCUT2D eigenvalue weighted by Gasteiger charge is -2.29. The Morgan fingerprint density at radius 1 is 1.16 bits per heavy atom. The smallest absolute Gasteiger partial charge is 0.251 e. The molecule has 1 aromatic heterocycles. The van der Waals surface area contributed by atoms with Gasteiger partial charge >= 0.3 is 0 Å². The van der Waals surface area contributed by atoms with Crippen LogP contribution in [0.15, 0.2) is 46.3 Å². The van der Waals surface area contributed by atoms with Gasteiger partial charge in [0.2, 0.25) is 10.0 Å². The molecule has 1 saturated heterocycles. The second kappa shape index (κ2) is 8.88. The van der Waals surface area contributed by atoms with Crippen LogP contribution in [-0.2, 0) is 21.4 Å². The number of nitrogens with zero attached hydrogens (tertiary/aromatic N) is 3. The zero-order valence-corrected chi connectivity index (χ0v) is 20.0. The van der Waals surface area contributed by atoms with E-state index in [0.29, 0.717) is 24.2 Å². The van der Waals surface area contributed by atoms with Crippen LogP contribution in [0.25, 0.3) is 10.2 Å². The molecule has 3 aromatic rings. The Labute approximate surface area is 191 Å². The standard InChI is InChI=1S/C23H26FN3O3S2/c1-4-27-20-14-15(2)13-16(3)21(20)31-23(27)25-22(28)17-9-11-26(12-10-17)32(29,30)19-7-5-18(24)6-8-19/h5-8,13-14,17H,4,9-12H2,1-3H3. The van der Waals surface area contributed by atoms with Crippen molar-refractivity contribution in [1.29, 1.82) is 0 Å². The Morgan fingerprint density at radius 2 is 1.81 bits per heavy atom. The SMILES string of the molecule is CCn1c(=NC(=O)C2CCN(S(=O)(=O)c3ccc(F)cc3)CC2)sc2c(C)cc(C)cc21. The first-order valence-corrected chi connectivity index (χ1v) is 12.9. The van der Waals surface area contributed by atoms with Gasteiger partial charge in [-0.05, 0) is 75.1 Å². The number of hydrogen-bond acceptors (Lipinski definition) is 4. The van der Waals surface area contributed by atoms with Crippen LogP contribution in [0.5, 0.6) is 0 Å². The van der Waals surface area contributed by atoms with E-state index in [2.05, 4.69) is 35.5 Å². The molecule has 2 heterocycles. The zero-order valence-electron chi connectivity index (χ0n) is 18.3. The van der Waals surface area contributed by atoms with E-state index in [1.165, 1.54) is 38.9 Å². The van der Waals surface area contributed by atoms with Crippen LogP contribution in [0.2, 0.25) is 0 Å². The lowest BCUT2D eigenvalue weighted by Crippen LogP contribution is -2.40. The summed E-state index contributed by atoms with van der Waals surface area (Å²) >= 11 is 1.52. The highest BCUT2D eigenvalue weighted by Gasteiger charge is 2.32. The van der Waals surface area contributed by atoms with Crippen LogP contribution in [0.3, 0.4) is 0 Å². The van der Waals surface area contributed by atoms with E-state index in [1.54, 1.807) is 0 Å². The summed E-state index contributed by atoms with van der Waals surface area (Å²) < 4.78 is 43.3. The summed E-state index contributed by atoms with van der Waals surface area (Å²) in [5.41, 5.74) is 3.42. The molecule has 1 fully saturated rings. The number of piperidine rings is 1. The summed E-state index contributed by atoms with van der Waals surface area (Å²) in [6, 6.07) is 9.06. The topological polar surface area (TPSA) is 71.7 Å². The normalized spacial score (nSPS) is 16.7. The Balaban J connectivity index is 1.54. The molecule has 0 saturated carbocycles. The first-order chi connectivity index (χ1) is 15.2. The quantitative estimate of drug-likeness (QED) is 0.573. The second-order valence-electron chi connectivity index (χ2n) is 8.14. The highest BCUT2D eigenvalue weighted by molar-refractivity contribution is 7.89. The maximum absolute atomic E-state index is 13.1. The van der Waals surface area contributed by atoms with Gasteiger partial charge in [-0.3, -0.25) is 4.79 Å². The Hall–Kier alpha value is -2.36. The molecule has 6 nitrogen and oxygen atoms in total.